The molecular weight excluding hydrogens is 398 g/mol. The maximum Gasteiger partial charge on any atom is 0.254 e. The number of hydrogen-bond donors (Lipinski definition) is 1. The molecule has 1 aromatic heterocycles. The van der Waals surface area contributed by atoms with Crippen LogP contribution >= 0.6 is 0 Å². The van der Waals surface area contributed by atoms with Crippen LogP contribution in [0.1, 0.15) is 55.5 Å². The molecular formula is C27H31N3O2. The van der Waals surface area contributed by atoms with Crippen LogP contribution in [0.4, 0.5) is 0 Å². The second-order valence-electron chi connectivity index (χ2n) is 9.91. The van der Waals surface area contributed by atoms with Crippen molar-refractivity contribution >= 4 is 22.7 Å². The van der Waals surface area contributed by atoms with Crippen molar-refractivity contribution < 1.29 is 9.59 Å². The number of carbonyl (C=O) groups excluding carboxylic acids is 2. The maximum absolute atomic E-state index is 13.9. The number of nitrogens with zero attached hydrogens (tertiary/aromatic N) is 2. The van der Waals surface area contributed by atoms with Gasteiger partial charge in [-0.05, 0) is 43.4 Å². The Morgan fingerprint density at radius 1 is 1.09 bits per heavy atom. The van der Waals surface area contributed by atoms with Crippen molar-refractivity contribution in [3.05, 3.63) is 70.9 Å². The van der Waals surface area contributed by atoms with Gasteiger partial charge in [0.15, 0.2) is 5.54 Å². The van der Waals surface area contributed by atoms with Crippen LogP contribution in [0.25, 0.3) is 10.9 Å². The monoisotopic (exact) mass is 429 g/mol. The Bertz CT molecular complexity index is 1190. The Kier molecular flexibility index (Phi) is 4.88. The third-order valence-electron chi connectivity index (χ3n) is 7.27. The Hall–Kier alpha value is -3.08. The number of fused-ring (bicyclic) bond motifs is 5. The van der Waals surface area contributed by atoms with E-state index in [-0.39, 0.29) is 24.3 Å². The van der Waals surface area contributed by atoms with Gasteiger partial charge in [-0.3, -0.25) is 9.59 Å². The molecule has 5 rings (SSSR count). The van der Waals surface area contributed by atoms with Gasteiger partial charge in [0.1, 0.15) is 0 Å². The number of nitrogens with one attached hydrogen (secondary N) is 1. The van der Waals surface area contributed by atoms with Gasteiger partial charge in [-0.2, -0.15) is 0 Å². The lowest BCUT2D eigenvalue weighted by Gasteiger charge is -2.51. The Balaban J connectivity index is 1.69. The predicted molar refractivity (Wildman–Crippen MR) is 126 cm³/mol. The largest absolute Gasteiger partial charge is 0.356 e. The summed E-state index contributed by atoms with van der Waals surface area (Å²) < 4.78 is 0. The van der Waals surface area contributed by atoms with E-state index in [1.165, 1.54) is 11.1 Å². The molecule has 1 fully saturated rings. The van der Waals surface area contributed by atoms with E-state index in [0.717, 1.165) is 28.6 Å². The summed E-state index contributed by atoms with van der Waals surface area (Å²) in [6.45, 7) is 9.59. The minimum Gasteiger partial charge on any atom is -0.356 e. The lowest BCUT2D eigenvalue weighted by molar-refractivity contribution is -0.166. The number of aromatic amines is 1. The standard InChI is InChI=1S/C27H31N3O2/c1-17(2)13-14-29-16-23(31)30-15-21(19-11-9-18(3)10-12-19)24-20-7-5-6-8-22(20)28-25(24)27(30,4)26(29)32/h5-12,17,21,28H,13-16H2,1-4H3/t21-,27+/m0/s1. The van der Waals surface area contributed by atoms with E-state index in [9.17, 15) is 9.59 Å². The van der Waals surface area contributed by atoms with Crippen molar-refractivity contribution in [2.45, 2.75) is 45.6 Å². The SMILES string of the molecule is Cc1ccc([C@@H]2CN3C(=O)CN(CCC(C)C)C(=O)[C@@]3(C)c3[nH]c4ccccc4c32)cc1. The van der Waals surface area contributed by atoms with Crippen LogP contribution in [0.5, 0.6) is 0 Å². The number of aromatic nitrogens is 1. The first kappa shape index (κ1) is 20.8. The summed E-state index contributed by atoms with van der Waals surface area (Å²) in [4.78, 5) is 34.4. The first-order valence-corrected chi connectivity index (χ1v) is 11.6. The Labute approximate surface area is 189 Å². The van der Waals surface area contributed by atoms with Crippen molar-refractivity contribution in [3.8, 4) is 0 Å². The lowest BCUT2D eigenvalue weighted by Crippen LogP contribution is -2.67. The number of piperazine rings is 1. The molecule has 0 saturated carbocycles. The minimum absolute atomic E-state index is 0.0212. The third-order valence-corrected chi connectivity index (χ3v) is 7.27. The van der Waals surface area contributed by atoms with E-state index in [1.54, 1.807) is 4.90 Å². The zero-order valence-corrected chi connectivity index (χ0v) is 19.3. The molecule has 2 atom stereocenters. The van der Waals surface area contributed by atoms with E-state index in [1.807, 2.05) is 24.0 Å². The number of carbonyl (C=O) groups is 2. The number of H-pyrrole nitrogens is 1. The highest BCUT2D eigenvalue weighted by Gasteiger charge is 2.56. The number of para-hydroxylation sites is 1. The van der Waals surface area contributed by atoms with Crippen molar-refractivity contribution in [1.29, 1.82) is 0 Å². The highest BCUT2D eigenvalue weighted by atomic mass is 16.2. The summed E-state index contributed by atoms with van der Waals surface area (Å²) in [5.41, 5.74) is 4.39. The van der Waals surface area contributed by atoms with E-state index >= 15 is 0 Å². The highest BCUT2D eigenvalue weighted by molar-refractivity contribution is 6.01. The number of hydrogen-bond acceptors (Lipinski definition) is 2. The van der Waals surface area contributed by atoms with Gasteiger partial charge in [0.25, 0.3) is 5.91 Å². The number of amides is 2. The zero-order valence-electron chi connectivity index (χ0n) is 19.3. The molecule has 2 aliphatic rings. The summed E-state index contributed by atoms with van der Waals surface area (Å²) in [6, 6.07) is 16.8. The molecule has 32 heavy (non-hydrogen) atoms. The molecule has 5 nitrogen and oxygen atoms in total. The average Bonchev–Trinajstić information content (AvgIpc) is 3.17. The van der Waals surface area contributed by atoms with Gasteiger partial charge in [0.2, 0.25) is 5.91 Å². The van der Waals surface area contributed by atoms with Crippen molar-refractivity contribution in [1.82, 2.24) is 14.8 Å². The zero-order chi connectivity index (χ0) is 22.6. The fourth-order valence-corrected chi connectivity index (χ4v) is 5.37. The van der Waals surface area contributed by atoms with Gasteiger partial charge in [-0.25, -0.2) is 0 Å². The van der Waals surface area contributed by atoms with Crippen LogP contribution < -0.4 is 0 Å². The smallest absolute Gasteiger partial charge is 0.254 e. The molecule has 3 heterocycles. The fourth-order valence-electron chi connectivity index (χ4n) is 5.37. The molecule has 2 amide bonds. The lowest BCUT2D eigenvalue weighted by atomic mass is 9.76. The molecule has 3 aromatic rings. The molecule has 2 aromatic carbocycles. The van der Waals surface area contributed by atoms with E-state index in [0.29, 0.717) is 19.0 Å². The van der Waals surface area contributed by atoms with Gasteiger partial charge in [-0.1, -0.05) is 61.9 Å². The molecule has 0 bridgehead atoms. The summed E-state index contributed by atoms with van der Waals surface area (Å²) in [6.07, 6.45) is 0.890. The normalized spacial score (nSPS) is 23.1. The minimum atomic E-state index is -1.01. The molecule has 1 N–H and O–H groups in total. The highest BCUT2D eigenvalue weighted by Crippen LogP contribution is 2.48. The molecule has 166 valence electrons. The third kappa shape index (κ3) is 3.06. The molecule has 0 radical (unpaired) electrons. The van der Waals surface area contributed by atoms with Crippen LogP contribution in [-0.2, 0) is 15.1 Å². The number of benzene rings is 2. The second kappa shape index (κ2) is 7.51. The fraction of sp³-hybridized carbons (Fsp3) is 0.407. The Morgan fingerprint density at radius 3 is 2.53 bits per heavy atom. The first-order chi connectivity index (χ1) is 15.3. The molecule has 2 aliphatic heterocycles. The van der Waals surface area contributed by atoms with E-state index in [4.69, 9.17) is 0 Å². The van der Waals surface area contributed by atoms with E-state index < -0.39 is 5.54 Å². The molecule has 0 unspecified atom stereocenters. The van der Waals surface area contributed by atoms with Crippen LogP contribution in [-0.4, -0.2) is 46.2 Å². The molecule has 0 aliphatic carbocycles. The van der Waals surface area contributed by atoms with Crippen molar-refractivity contribution in [2.75, 3.05) is 19.6 Å². The van der Waals surface area contributed by atoms with Crippen LogP contribution in [0.2, 0.25) is 0 Å². The number of rotatable bonds is 4. The molecule has 1 saturated heterocycles. The summed E-state index contributed by atoms with van der Waals surface area (Å²) in [5.74, 6) is 0.545. The first-order valence-electron chi connectivity index (χ1n) is 11.6. The van der Waals surface area contributed by atoms with Crippen LogP contribution in [0.3, 0.4) is 0 Å². The van der Waals surface area contributed by atoms with Gasteiger partial charge in [0.05, 0.1) is 12.2 Å². The second-order valence-corrected chi connectivity index (χ2v) is 9.91. The van der Waals surface area contributed by atoms with Crippen molar-refractivity contribution in [3.63, 3.8) is 0 Å². The van der Waals surface area contributed by atoms with Crippen molar-refractivity contribution in [2.24, 2.45) is 5.92 Å². The summed E-state index contributed by atoms with van der Waals surface area (Å²) in [5, 5.41) is 1.13. The average molecular weight is 430 g/mol. The quantitative estimate of drug-likeness (QED) is 0.661. The summed E-state index contributed by atoms with van der Waals surface area (Å²) >= 11 is 0. The topological polar surface area (TPSA) is 56.4 Å². The van der Waals surface area contributed by atoms with Crippen LogP contribution in [0, 0.1) is 12.8 Å². The summed E-state index contributed by atoms with van der Waals surface area (Å²) in [7, 11) is 0. The molecule has 5 heteroatoms. The maximum atomic E-state index is 13.9. The van der Waals surface area contributed by atoms with Crippen LogP contribution in [0.15, 0.2) is 48.5 Å². The van der Waals surface area contributed by atoms with Gasteiger partial charge in [0, 0.05) is 29.9 Å². The number of aryl methyl sites for hydroxylation is 1. The predicted octanol–water partition coefficient (Wildman–Crippen LogP) is 4.55. The van der Waals surface area contributed by atoms with Gasteiger partial charge < -0.3 is 14.8 Å². The van der Waals surface area contributed by atoms with Gasteiger partial charge in [-0.15, -0.1) is 0 Å². The van der Waals surface area contributed by atoms with Gasteiger partial charge >= 0.3 is 0 Å². The van der Waals surface area contributed by atoms with E-state index in [2.05, 4.69) is 62.2 Å². The Morgan fingerprint density at radius 2 is 1.81 bits per heavy atom. The molecule has 0 spiro atoms.